The molecule has 33 valence electrons. The third-order valence-corrected chi connectivity index (χ3v) is 0. The van der Waals surface area contributed by atoms with Crippen molar-refractivity contribution >= 4 is 35.0 Å². The largest absolute Gasteiger partial charge is 0.284 e. The number of thiol groups is 1. The summed E-state index contributed by atoms with van der Waals surface area (Å²) >= 11 is 0. The molecule has 0 heterocycles. The lowest BCUT2D eigenvalue weighted by Gasteiger charge is -1.36. The maximum absolute atomic E-state index is 8.48. The number of rotatable bonds is 0. The molecule has 0 aliphatic heterocycles. The molecule has 5 heavy (non-hydrogen) atoms. The lowest BCUT2D eigenvalue weighted by Crippen LogP contribution is -1.54. The lowest BCUT2D eigenvalue weighted by molar-refractivity contribution is 0.438. The van der Waals surface area contributed by atoms with Crippen LogP contribution in [-0.2, 0) is 15.5 Å². The summed E-state index contributed by atoms with van der Waals surface area (Å²) in [5, 5.41) is 0. The van der Waals surface area contributed by atoms with Gasteiger partial charge in [-0.25, -0.2) is 8.42 Å². The maximum atomic E-state index is 8.48. The van der Waals surface area contributed by atoms with Crippen LogP contribution in [0.4, 0.5) is 0 Å². The molecule has 0 amide bonds. The highest BCUT2D eigenvalue weighted by atomic mass is 127. The summed E-state index contributed by atoms with van der Waals surface area (Å²) in [7, 11) is -3.37. The normalized spacial score (nSPS) is 6.80. The second-order valence-corrected chi connectivity index (χ2v) is 0.671. The summed E-state index contributed by atoms with van der Waals surface area (Å²) in [6.07, 6.45) is 0. The molecule has 0 unspecified atom stereocenters. The van der Waals surface area contributed by atoms with E-state index >= 15 is 0 Å². The molecular formula is H2IO3S. The van der Waals surface area contributed by atoms with Gasteiger partial charge in [0.2, 0.25) is 0 Å². The fourth-order valence-electron chi connectivity index (χ4n) is 0. The van der Waals surface area contributed by atoms with Crippen LogP contribution in [0.5, 0.6) is 0 Å². The van der Waals surface area contributed by atoms with Crippen LogP contribution in [-0.4, -0.2) is 8.42 Å². The van der Waals surface area contributed by atoms with Crippen LogP contribution in [0.2, 0.25) is 0 Å². The van der Waals surface area contributed by atoms with Crippen LogP contribution in [0, 0.1) is 0 Å². The maximum Gasteiger partial charge on any atom is 0.284 e. The zero-order valence-electron chi connectivity index (χ0n) is 2.08. The van der Waals surface area contributed by atoms with Gasteiger partial charge >= 0.3 is 0 Å². The summed E-state index contributed by atoms with van der Waals surface area (Å²) in [6, 6.07) is 0. The minimum Gasteiger partial charge on any atom is -0.200 e. The first-order valence-electron chi connectivity index (χ1n) is 0.548. The number of halogens is 1. The van der Waals surface area contributed by atoms with Crippen LogP contribution in [0.15, 0.2) is 0 Å². The molecule has 0 spiro atoms. The van der Waals surface area contributed by atoms with Crippen molar-refractivity contribution in [2.45, 2.75) is 0 Å². The molecule has 0 atom stereocenters. The monoisotopic (exact) mass is 209 g/mol. The first kappa shape index (κ1) is 9.16. The first-order chi connectivity index (χ1) is 1.73. The molecule has 0 saturated heterocycles. The Morgan fingerprint density at radius 2 is 1.20 bits per heavy atom. The molecular weight excluding hydrogens is 207 g/mol. The molecule has 0 aromatic heterocycles. The topological polar surface area (TPSA) is 54.0 Å². The minimum atomic E-state index is -3.37. The zero-order chi connectivity index (χ0) is 3.58. The van der Waals surface area contributed by atoms with Crippen LogP contribution < -0.4 is 0 Å². The first-order valence-corrected chi connectivity index (χ1v) is 1.64. The van der Waals surface area contributed by atoms with Gasteiger partial charge in [0.25, 0.3) is 11.0 Å². The van der Waals surface area contributed by atoms with E-state index in [-0.39, 0.29) is 24.0 Å². The Hall–Kier alpha value is 0.640. The van der Waals surface area contributed by atoms with Crippen molar-refractivity contribution in [1.82, 2.24) is 0 Å². The molecule has 1 radical (unpaired) electrons. The minimum absolute atomic E-state index is 0. The second-order valence-electron chi connectivity index (χ2n) is 0.224. The molecule has 0 rings (SSSR count). The summed E-state index contributed by atoms with van der Waals surface area (Å²) in [5.41, 5.74) is 0. The molecule has 3 nitrogen and oxygen atoms in total. The van der Waals surface area contributed by atoms with Crippen molar-refractivity contribution in [3.8, 4) is 0 Å². The Bertz CT molecular complexity index is 55.3. The summed E-state index contributed by atoms with van der Waals surface area (Å²) in [6.45, 7) is 0. The zero-order valence-corrected chi connectivity index (χ0v) is 5.30. The van der Waals surface area contributed by atoms with E-state index in [0.717, 1.165) is 0 Å². The molecule has 0 bridgehead atoms. The third kappa shape index (κ3) is 79.0. The van der Waals surface area contributed by atoms with Crippen molar-refractivity contribution in [3.05, 3.63) is 0 Å². The van der Waals surface area contributed by atoms with Gasteiger partial charge in [-0.2, -0.15) is 0 Å². The van der Waals surface area contributed by atoms with Crippen LogP contribution in [0.1, 0.15) is 0 Å². The van der Waals surface area contributed by atoms with Gasteiger partial charge in [-0.3, -0.25) is 0 Å². The number of hydrogen-bond acceptors (Lipinski definition) is 2. The summed E-state index contributed by atoms with van der Waals surface area (Å²) < 4.78 is 25.4. The standard InChI is InChI=1S/HI.HO3S/c;1-4(2)3/h1H;4H. The van der Waals surface area contributed by atoms with Gasteiger partial charge in [0.1, 0.15) is 0 Å². The second kappa shape index (κ2) is 4.64. The Morgan fingerprint density at radius 1 is 1.20 bits per heavy atom. The Morgan fingerprint density at radius 3 is 1.20 bits per heavy atom. The number of hydrogen-bond donors (Lipinski definition) is 1. The highest BCUT2D eigenvalue weighted by Gasteiger charge is 1.50. The molecule has 0 fully saturated rings. The van der Waals surface area contributed by atoms with E-state index < -0.39 is 11.0 Å². The van der Waals surface area contributed by atoms with Crippen molar-refractivity contribution < 1.29 is 13.0 Å². The van der Waals surface area contributed by atoms with E-state index in [1.54, 1.807) is 0 Å². The SMILES string of the molecule is I.[O][SH](=O)=O. The average Bonchev–Trinajstić information content (AvgIpc) is 0.811. The van der Waals surface area contributed by atoms with Gasteiger partial charge in [-0.1, -0.05) is 4.55 Å². The van der Waals surface area contributed by atoms with Crippen molar-refractivity contribution in [3.63, 3.8) is 0 Å². The molecule has 5 heteroatoms. The predicted molar refractivity (Wildman–Crippen MR) is 26.4 cm³/mol. The van der Waals surface area contributed by atoms with E-state index in [4.69, 9.17) is 13.0 Å². The third-order valence-electron chi connectivity index (χ3n) is 0. The van der Waals surface area contributed by atoms with Crippen LogP contribution in [0.3, 0.4) is 0 Å². The van der Waals surface area contributed by atoms with Crippen molar-refractivity contribution in [2.75, 3.05) is 0 Å². The fraction of sp³-hybridized carbons (Fsp3) is 0. The Labute approximate surface area is 48.2 Å². The van der Waals surface area contributed by atoms with E-state index in [1.807, 2.05) is 0 Å². The predicted octanol–water partition coefficient (Wildman–Crippen LogP) is -0.439. The summed E-state index contributed by atoms with van der Waals surface area (Å²) in [4.78, 5) is 0. The van der Waals surface area contributed by atoms with E-state index in [1.165, 1.54) is 0 Å². The van der Waals surface area contributed by atoms with Crippen molar-refractivity contribution in [1.29, 1.82) is 0 Å². The quantitative estimate of drug-likeness (QED) is 0.434. The highest BCUT2D eigenvalue weighted by Crippen LogP contribution is 1.31. The van der Waals surface area contributed by atoms with Gasteiger partial charge in [-0.05, 0) is 0 Å². The van der Waals surface area contributed by atoms with E-state index in [2.05, 4.69) is 0 Å². The van der Waals surface area contributed by atoms with Gasteiger partial charge in [0.05, 0.1) is 0 Å². The lowest BCUT2D eigenvalue weighted by atomic mass is 15.9. The van der Waals surface area contributed by atoms with E-state index in [0.29, 0.717) is 0 Å². The van der Waals surface area contributed by atoms with Crippen LogP contribution >= 0.6 is 24.0 Å². The fourth-order valence-corrected chi connectivity index (χ4v) is 0. The van der Waals surface area contributed by atoms with Gasteiger partial charge in [-0.15, -0.1) is 24.0 Å². The van der Waals surface area contributed by atoms with Gasteiger partial charge in [0.15, 0.2) is 0 Å². The van der Waals surface area contributed by atoms with Gasteiger partial charge in [0, 0.05) is 0 Å². The van der Waals surface area contributed by atoms with E-state index in [9.17, 15) is 0 Å². The van der Waals surface area contributed by atoms with Gasteiger partial charge < -0.3 is 0 Å². The average molecular weight is 209 g/mol. The highest BCUT2D eigenvalue weighted by molar-refractivity contribution is 14.0. The molecule has 0 saturated carbocycles. The molecule has 0 aliphatic carbocycles. The Balaban J connectivity index is 0. The van der Waals surface area contributed by atoms with Crippen LogP contribution in [0.25, 0.3) is 0 Å². The van der Waals surface area contributed by atoms with Crippen molar-refractivity contribution in [2.24, 2.45) is 0 Å². The summed E-state index contributed by atoms with van der Waals surface area (Å²) in [5.74, 6) is 0. The Kier molecular flexibility index (Phi) is 8.50. The molecule has 0 aliphatic rings. The smallest absolute Gasteiger partial charge is 0.200 e. The molecule has 0 aromatic carbocycles. The molecule has 0 aromatic rings. The molecule has 0 N–H and O–H groups in total.